The second kappa shape index (κ2) is 5.89. The van der Waals surface area contributed by atoms with Crippen molar-refractivity contribution in [1.29, 1.82) is 0 Å². The van der Waals surface area contributed by atoms with Crippen LogP contribution in [0.2, 0.25) is 0 Å². The molecule has 0 amide bonds. The Kier molecular flexibility index (Phi) is 3.58. The Morgan fingerprint density at radius 1 is 0.875 bits per heavy atom. The minimum atomic E-state index is -0.200. The van der Waals surface area contributed by atoms with Crippen molar-refractivity contribution in [2.75, 3.05) is 5.73 Å². The summed E-state index contributed by atoms with van der Waals surface area (Å²) in [7, 11) is 0. The summed E-state index contributed by atoms with van der Waals surface area (Å²) in [5, 5.41) is 2.05. The molecular formula is C20H16FN3. The first kappa shape index (κ1) is 14.6. The number of nitrogen functional groups attached to an aromatic ring is 1. The van der Waals surface area contributed by atoms with Gasteiger partial charge in [-0.3, -0.25) is 4.98 Å². The summed E-state index contributed by atoms with van der Waals surface area (Å²) in [6.07, 6.45) is 3.39. The number of hydrogen-bond acceptors (Lipinski definition) is 3. The molecule has 0 aliphatic heterocycles. The number of aromatic nitrogens is 2. The van der Waals surface area contributed by atoms with Gasteiger partial charge < -0.3 is 5.73 Å². The van der Waals surface area contributed by atoms with Gasteiger partial charge in [0.15, 0.2) is 5.82 Å². The summed E-state index contributed by atoms with van der Waals surface area (Å²) >= 11 is 0. The smallest absolute Gasteiger partial charge is 0.150 e. The van der Waals surface area contributed by atoms with E-state index in [1.807, 2.05) is 36.5 Å². The predicted octanol–water partition coefficient (Wildman–Crippen LogP) is 4.29. The van der Waals surface area contributed by atoms with Crippen LogP contribution in [0.25, 0.3) is 21.8 Å². The summed E-state index contributed by atoms with van der Waals surface area (Å²) in [6.45, 7) is 0. The van der Waals surface area contributed by atoms with Crippen LogP contribution in [0.4, 0.5) is 10.2 Å². The highest BCUT2D eigenvalue weighted by Crippen LogP contribution is 2.27. The van der Waals surface area contributed by atoms with E-state index >= 15 is 0 Å². The molecule has 0 aliphatic carbocycles. The van der Waals surface area contributed by atoms with E-state index in [2.05, 4.69) is 16.0 Å². The fourth-order valence-electron chi connectivity index (χ4n) is 3.02. The molecule has 4 rings (SSSR count). The number of anilines is 1. The predicted molar refractivity (Wildman–Crippen MR) is 95.3 cm³/mol. The Hall–Kier alpha value is -3.01. The topological polar surface area (TPSA) is 51.8 Å². The molecule has 4 heteroatoms. The van der Waals surface area contributed by atoms with Gasteiger partial charge in [-0.25, -0.2) is 9.37 Å². The van der Waals surface area contributed by atoms with Crippen LogP contribution in [0.3, 0.4) is 0 Å². The maximum absolute atomic E-state index is 13.3. The third kappa shape index (κ3) is 2.67. The van der Waals surface area contributed by atoms with Crippen molar-refractivity contribution in [1.82, 2.24) is 9.97 Å². The van der Waals surface area contributed by atoms with Gasteiger partial charge in [0.25, 0.3) is 0 Å². The van der Waals surface area contributed by atoms with Crippen molar-refractivity contribution in [2.45, 2.75) is 12.8 Å². The van der Waals surface area contributed by atoms with Gasteiger partial charge >= 0.3 is 0 Å². The number of pyridine rings is 2. The molecule has 0 fully saturated rings. The van der Waals surface area contributed by atoms with E-state index in [4.69, 9.17) is 5.73 Å². The number of para-hydroxylation sites is 1. The molecule has 0 atom stereocenters. The molecule has 4 aromatic rings. The molecule has 118 valence electrons. The zero-order chi connectivity index (χ0) is 16.5. The molecule has 0 radical (unpaired) electrons. The summed E-state index contributed by atoms with van der Waals surface area (Å²) in [4.78, 5) is 8.91. The van der Waals surface area contributed by atoms with E-state index in [1.54, 1.807) is 12.1 Å². The lowest BCUT2D eigenvalue weighted by molar-refractivity contribution is 0.625. The molecule has 2 aromatic carbocycles. The molecule has 0 spiro atoms. The lowest BCUT2D eigenvalue weighted by Gasteiger charge is -2.08. The number of rotatable bonds is 3. The largest absolute Gasteiger partial charge is 0.382 e. The number of aryl methyl sites for hydroxylation is 2. The fourth-order valence-corrected chi connectivity index (χ4v) is 3.02. The molecule has 3 nitrogen and oxygen atoms in total. The van der Waals surface area contributed by atoms with Gasteiger partial charge in [0.1, 0.15) is 11.3 Å². The number of fused-ring (bicyclic) bond motifs is 3. The van der Waals surface area contributed by atoms with Gasteiger partial charge in [-0.2, -0.15) is 0 Å². The zero-order valence-corrected chi connectivity index (χ0v) is 13.0. The van der Waals surface area contributed by atoms with Gasteiger partial charge in [-0.05, 0) is 48.2 Å². The Labute approximate surface area is 139 Å². The van der Waals surface area contributed by atoms with Crippen LogP contribution in [0, 0.1) is 5.82 Å². The molecule has 0 unspecified atom stereocenters. The van der Waals surface area contributed by atoms with Gasteiger partial charge in [0.2, 0.25) is 0 Å². The molecule has 0 aliphatic rings. The minimum absolute atomic E-state index is 0.200. The summed E-state index contributed by atoms with van der Waals surface area (Å²) in [5.41, 5.74) is 9.71. The van der Waals surface area contributed by atoms with E-state index in [1.165, 1.54) is 6.07 Å². The first-order valence-corrected chi connectivity index (χ1v) is 7.88. The van der Waals surface area contributed by atoms with E-state index in [0.717, 1.165) is 45.8 Å². The number of nitrogens with two attached hydrogens (primary N) is 1. The molecule has 0 saturated heterocycles. The molecule has 0 saturated carbocycles. The van der Waals surface area contributed by atoms with Crippen molar-refractivity contribution in [3.63, 3.8) is 0 Å². The molecule has 2 aromatic heterocycles. The van der Waals surface area contributed by atoms with E-state index in [0.29, 0.717) is 5.82 Å². The SMILES string of the molecule is Nc1nc2ccccc2c2cc(CCc3cccc(F)c3)cnc12. The lowest BCUT2D eigenvalue weighted by atomic mass is 10.0. The Balaban J connectivity index is 1.73. The summed E-state index contributed by atoms with van der Waals surface area (Å²) in [6, 6.07) is 16.7. The van der Waals surface area contributed by atoms with E-state index < -0.39 is 0 Å². The highest BCUT2D eigenvalue weighted by molar-refractivity contribution is 6.08. The highest BCUT2D eigenvalue weighted by Gasteiger charge is 2.08. The second-order valence-electron chi connectivity index (χ2n) is 5.88. The van der Waals surface area contributed by atoms with Crippen LogP contribution in [0.15, 0.2) is 60.8 Å². The van der Waals surface area contributed by atoms with Gasteiger partial charge in [0.05, 0.1) is 5.52 Å². The van der Waals surface area contributed by atoms with Gasteiger partial charge in [0, 0.05) is 17.0 Å². The monoisotopic (exact) mass is 317 g/mol. The highest BCUT2D eigenvalue weighted by atomic mass is 19.1. The Morgan fingerprint density at radius 2 is 1.71 bits per heavy atom. The van der Waals surface area contributed by atoms with Crippen LogP contribution < -0.4 is 5.73 Å². The van der Waals surface area contributed by atoms with Crippen LogP contribution in [-0.4, -0.2) is 9.97 Å². The molecule has 2 heterocycles. The van der Waals surface area contributed by atoms with Crippen LogP contribution >= 0.6 is 0 Å². The molecule has 24 heavy (non-hydrogen) atoms. The van der Waals surface area contributed by atoms with Crippen LogP contribution in [0.5, 0.6) is 0 Å². The number of benzene rings is 2. The fraction of sp³-hybridized carbons (Fsp3) is 0.100. The normalized spacial score (nSPS) is 11.2. The van der Waals surface area contributed by atoms with Crippen molar-refractivity contribution in [3.05, 3.63) is 77.7 Å². The van der Waals surface area contributed by atoms with Crippen LogP contribution in [0.1, 0.15) is 11.1 Å². The Bertz CT molecular complexity index is 1040. The Morgan fingerprint density at radius 3 is 2.58 bits per heavy atom. The maximum Gasteiger partial charge on any atom is 0.150 e. The quantitative estimate of drug-likeness (QED) is 0.573. The van der Waals surface area contributed by atoms with Crippen molar-refractivity contribution in [2.24, 2.45) is 0 Å². The second-order valence-corrected chi connectivity index (χ2v) is 5.88. The average Bonchev–Trinajstić information content (AvgIpc) is 2.60. The first-order valence-electron chi connectivity index (χ1n) is 7.88. The van der Waals surface area contributed by atoms with Gasteiger partial charge in [-0.15, -0.1) is 0 Å². The summed E-state index contributed by atoms with van der Waals surface area (Å²) in [5.74, 6) is 0.245. The van der Waals surface area contributed by atoms with E-state index in [-0.39, 0.29) is 5.82 Å². The zero-order valence-electron chi connectivity index (χ0n) is 13.0. The van der Waals surface area contributed by atoms with Crippen LogP contribution in [-0.2, 0) is 12.8 Å². The van der Waals surface area contributed by atoms with Crippen molar-refractivity contribution in [3.8, 4) is 0 Å². The summed E-state index contributed by atoms with van der Waals surface area (Å²) < 4.78 is 13.3. The average molecular weight is 317 g/mol. The van der Waals surface area contributed by atoms with Gasteiger partial charge in [-0.1, -0.05) is 30.3 Å². The molecule has 0 bridgehead atoms. The number of hydrogen-bond donors (Lipinski definition) is 1. The standard InChI is InChI=1S/C20H16FN3/c21-15-5-3-4-13(10-15)8-9-14-11-17-16-6-1-2-7-18(16)24-20(22)19(17)23-12-14/h1-7,10-12H,8-9H2,(H2,22,24). The van der Waals surface area contributed by atoms with E-state index in [9.17, 15) is 4.39 Å². The lowest BCUT2D eigenvalue weighted by Crippen LogP contribution is -1.98. The third-order valence-electron chi connectivity index (χ3n) is 4.21. The minimum Gasteiger partial charge on any atom is -0.382 e. The molecular weight excluding hydrogens is 301 g/mol. The first-order chi connectivity index (χ1) is 11.7. The molecule has 2 N–H and O–H groups in total. The third-order valence-corrected chi connectivity index (χ3v) is 4.21. The number of halogens is 1. The van der Waals surface area contributed by atoms with Crippen molar-refractivity contribution < 1.29 is 4.39 Å². The number of nitrogens with zero attached hydrogens (tertiary/aromatic N) is 2. The van der Waals surface area contributed by atoms with Crippen molar-refractivity contribution >= 4 is 27.6 Å². The maximum atomic E-state index is 13.3.